The minimum absolute atomic E-state index is 0.0707. The fourth-order valence-corrected chi connectivity index (χ4v) is 1.78. The third kappa shape index (κ3) is 3.89. The summed E-state index contributed by atoms with van der Waals surface area (Å²) >= 11 is 0. The van der Waals surface area contributed by atoms with Crippen LogP contribution in [-0.2, 0) is 17.8 Å². The summed E-state index contributed by atoms with van der Waals surface area (Å²) in [4.78, 5) is 16.1. The van der Waals surface area contributed by atoms with Gasteiger partial charge in [-0.3, -0.25) is 4.79 Å². The molecule has 0 atom stereocenters. The molecule has 0 aliphatic heterocycles. The van der Waals surface area contributed by atoms with E-state index in [9.17, 15) is 4.79 Å². The van der Waals surface area contributed by atoms with Crippen LogP contribution in [0.1, 0.15) is 16.8 Å². The van der Waals surface area contributed by atoms with Gasteiger partial charge in [0.25, 0.3) is 0 Å². The zero-order valence-electron chi connectivity index (χ0n) is 10.9. The molecular weight excluding hydrogens is 238 g/mol. The molecule has 0 radical (unpaired) electrons. The number of nitrogens with one attached hydrogen (secondary N) is 1. The van der Waals surface area contributed by atoms with Gasteiger partial charge < -0.3 is 11.1 Å². The third-order valence-corrected chi connectivity index (χ3v) is 2.78. The smallest absolute Gasteiger partial charge is 0.229 e. The van der Waals surface area contributed by atoms with Gasteiger partial charge in [0.2, 0.25) is 5.91 Å². The number of carbonyl (C=O) groups is 1. The van der Waals surface area contributed by atoms with Gasteiger partial charge in [0.15, 0.2) is 0 Å². The van der Waals surface area contributed by atoms with Gasteiger partial charge in [-0.1, -0.05) is 30.3 Å². The minimum Gasteiger partial charge on any atom is -0.326 e. The summed E-state index contributed by atoms with van der Waals surface area (Å²) in [5.41, 5.74) is 8.43. The van der Waals surface area contributed by atoms with Gasteiger partial charge in [-0.15, -0.1) is 0 Å². The molecule has 3 N–H and O–H groups in total. The van der Waals surface area contributed by atoms with E-state index in [-0.39, 0.29) is 5.91 Å². The van der Waals surface area contributed by atoms with E-state index >= 15 is 0 Å². The predicted molar refractivity (Wildman–Crippen MR) is 75.6 cm³/mol. The van der Waals surface area contributed by atoms with Crippen molar-refractivity contribution in [1.82, 2.24) is 4.98 Å². The molecular formula is C15H17N3O. The Morgan fingerprint density at radius 3 is 2.47 bits per heavy atom. The maximum Gasteiger partial charge on any atom is 0.229 e. The topological polar surface area (TPSA) is 68.0 Å². The number of rotatable bonds is 4. The van der Waals surface area contributed by atoms with Crippen molar-refractivity contribution >= 4 is 11.7 Å². The van der Waals surface area contributed by atoms with Crippen LogP contribution >= 0.6 is 0 Å². The van der Waals surface area contributed by atoms with Crippen LogP contribution in [0.4, 0.5) is 5.82 Å². The first-order valence-corrected chi connectivity index (χ1v) is 6.19. The molecule has 1 heterocycles. The van der Waals surface area contributed by atoms with Crippen LogP contribution in [0, 0.1) is 6.92 Å². The predicted octanol–water partition coefficient (Wildman–Crippen LogP) is 2.03. The molecule has 2 aromatic rings. The van der Waals surface area contributed by atoms with Crippen molar-refractivity contribution < 1.29 is 4.79 Å². The second-order valence-corrected chi connectivity index (χ2v) is 4.41. The normalized spacial score (nSPS) is 10.2. The molecule has 1 aromatic heterocycles. The number of benzene rings is 1. The summed E-state index contributed by atoms with van der Waals surface area (Å²) in [5, 5.41) is 2.79. The largest absolute Gasteiger partial charge is 0.326 e. The molecule has 0 bridgehead atoms. The number of carbonyl (C=O) groups excluding carboxylic acids is 1. The van der Waals surface area contributed by atoms with Crippen molar-refractivity contribution in [2.75, 3.05) is 5.32 Å². The number of amides is 1. The van der Waals surface area contributed by atoms with E-state index in [0.29, 0.717) is 18.8 Å². The van der Waals surface area contributed by atoms with Gasteiger partial charge >= 0.3 is 0 Å². The highest BCUT2D eigenvalue weighted by Crippen LogP contribution is 2.07. The van der Waals surface area contributed by atoms with Gasteiger partial charge in [-0.2, -0.15) is 0 Å². The lowest BCUT2D eigenvalue weighted by Gasteiger charge is -2.05. The molecule has 0 saturated carbocycles. The zero-order chi connectivity index (χ0) is 13.7. The molecule has 98 valence electrons. The summed E-state index contributed by atoms with van der Waals surface area (Å²) in [6.07, 6.45) is 0.334. The van der Waals surface area contributed by atoms with E-state index in [1.807, 2.05) is 43.3 Å². The Balaban J connectivity index is 1.97. The molecule has 0 spiro atoms. The number of nitrogens with two attached hydrogens (primary N) is 1. The molecule has 0 aliphatic carbocycles. The van der Waals surface area contributed by atoms with Crippen molar-refractivity contribution in [3.8, 4) is 0 Å². The summed E-state index contributed by atoms with van der Waals surface area (Å²) in [6.45, 7) is 2.40. The van der Waals surface area contributed by atoms with E-state index in [0.717, 1.165) is 16.8 Å². The summed E-state index contributed by atoms with van der Waals surface area (Å²) in [5.74, 6) is 0.516. The first-order valence-electron chi connectivity index (χ1n) is 6.19. The second-order valence-electron chi connectivity index (χ2n) is 4.41. The quantitative estimate of drug-likeness (QED) is 0.878. The first kappa shape index (κ1) is 13.2. The van der Waals surface area contributed by atoms with E-state index in [1.165, 1.54) is 0 Å². The molecule has 0 saturated heterocycles. The lowest BCUT2D eigenvalue weighted by Crippen LogP contribution is -2.15. The Morgan fingerprint density at radius 1 is 1.16 bits per heavy atom. The van der Waals surface area contributed by atoms with E-state index < -0.39 is 0 Å². The van der Waals surface area contributed by atoms with Crippen molar-refractivity contribution in [3.05, 3.63) is 59.3 Å². The number of anilines is 1. The van der Waals surface area contributed by atoms with Crippen molar-refractivity contribution in [1.29, 1.82) is 0 Å². The number of pyridine rings is 1. The standard InChI is InChI=1S/C15H17N3O/c1-11-3-2-4-14(17-11)18-15(19)9-12-5-7-13(10-16)8-6-12/h2-8H,9-10,16H2,1H3,(H,17,18,19). The Hall–Kier alpha value is -2.20. The van der Waals surface area contributed by atoms with Crippen LogP contribution in [0.15, 0.2) is 42.5 Å². The van der Waals surface area contributed by atoms with Gasteiger partial charge in [-0.05, 0) is 30.2 Å². The highest BCUT2D eigenvalue weighted by atomic mass is 16.1. The lowest BCUT2D eigenvalue weighted by atomic mass is 10.1. The highest BCUT2D eigenvalue weighted by molar-refractivity contribution is 5.91. The Bertz CT molecular complexity index is 564. The van der Waals surface area contributed by atoms with Crippen LogP contribution < -0.4 is 11.1 Å². The maximum absolute atomic E-state index is 11.9. The van der Waals surface area contributed by atoms with Crippen molar-refractivity contribution in [3.63, 3.8) is 0 Å². The van der Waals surface area contributed by atoms with Crippen LogP contribution in [0.5, 0.6) is 0 Å². The van der Waals surface area contributed by atoms with Crippen molar-refractivity contribution in [2.24, 2.45) is 5.73 Å². The molecule has 0 fully saturated rings. The Labute approximate surface area is 112 Å². The van der Waals surface area contributed by atoms with Crippen LogP contribution in [-0.4, -0.2) is 10.9 Å². The van der Waals surface area contributed by atoms with Gasteiger partial charge in [0.05, 0.1) is 6.42 Å². The summed E-state index contributed by atoms with van der Waals surface area (Å²) in [7, 11) is 0. The highest BCUT2D eigenvalue weighted by Gasteiger charge is 2.05. The Kier molecular flexibility index (Phi) is 4.26. The van der Waals surface area contributed by atoms with Crippen LogP contribution in [0.25, 0.3) is 0 Å². The molecule has 2 rings (SSSR count). The molecule has 0 unspecified atom stereocenters. The van der Waals surface area contributed by atoms with Gasteiger partial charge in [-0.25, -0.2) is 4.98 Å². The third-order valence-electron chi connectivity index (χ3n) is 2.78. The molecule has 1 amide bonds. The average Bonchev–Trinajstić information content (AvgIpc) is 2.39. The number of hydrogen-bond acceptors (Lipinski definition) is 3. The first-order chi connectivity index (χ1) is 9.17. The Morgan fingerprint density at radius 2 is 1.84 bits per heavy atom. The zero-order valence-corrected chi connectivity index (χ0v) is 10.9. The maximum atomic E-state index is 11.9. The average molecular weight is 255 g/mol. The molecule has 4 nitrogen and oxygen atoms in total. The van der Waals surface area contributed by atoms with Gasteiger partial charge in [0, 0.05) is 12.2 Å². The number of aryl methyl sites for hydroxylation is 1. The van der Waals surface area contributed by atoms with Gasteiger partial charge in [0.1, 0.15) is 5.82 Å². The number of aromatic nitrogens is 1. The molecule has 0 aliphatic rings. The fraction of sp³-hybridized carbons (Fsp3) is 0.200. The SMILES string of the molecule is Cc1cccc(NC(=O)Cc2ccc(CN)cc2)n1. The number of nitrogens with zero attached hydrogens (tertiary/aromatic N) is 1. The second kappa shape index (κ2) is 6.11. The molecule has 19 heavy (non-hydrogen) atoms. The minimum atomic E-state index is -0.0707. The summed E-state index contributed by atoms with van der Waals surface area (Å²) in [6, 6.07) is 13.3. The lowest BCUT2D eigenvalue weighted by molar-refractivity contribution is -0.115. The van der Waals surface area contributed by atoms with Crippen LogP contribution in [0.2, 0.25) is 0 Å². The van der Waals surface area contributed by atoms with Crippen LogP contribution in [0.3, 0.4) is 0 Å². The van der Waals surface area contributed by atoms with E-state index in [2.05, 4.69) is 10.3 Å². The fourth-order valence-electron chi connectivity index (χ4n) is 1.78. The van der Waals surface area contributed by atoms with E-state index in [4.69, 9.17) is 5.73 Å². The monoisotopic (exact) mass is 255 g/mol. The number of hydrogen-bond donors (Lipinski definition) is 2. The molecule has 1 aromatic carbocycles. The summed E-state index contributed by atoms with van der Waals surface area (Å²) < 4.78 is 0. The van der Waals surface area contributed by atoms with Crippen molar-refractivity contribution in [2.45, 2.75) is 19.9 Å². The molecule has 4 heteroatoms. The van der Waals surface area contributed by atoms with E-state index in [1.54, 1.807) is 6.07 Å².